The van der Waals surface area contributed by atoms with E-state index in [9.17, 15) is 5.11 Å². The van der Waals surface area contributed by atoms with Crippen LogP contribution in [0.5, 0.6) is 5.75 Å². The monoisotopic (exact) mass is 348 g/mol. The van der Waals surface area contributed by atoms with Gasteiger partial charge >= 0.3 is 0 Å². The van der Waals surface area contributed by atoms with Crippen molar-refractivity contribution < 1.29 is 9.84 Å². The summed E-state index contributed by atoms with van der Waals surface area (Å²) in [6, 6.07) is 15.7. The summed E-state index contributed by atoms with van der Waals surface area (Å²) >= 11 is 3.42. The van der Waals surface area contributed by atoms with Gasteiger partial charge in [-0.3, -0.25) is 0 Å². The largest absolute Gasteiger partial charge is 0.491 e. The molecule has 2 rings (SSSR count). The van der Waals surface area contributed by atoms with Crippen LogP contribution in [0.1, 0.15) is 31.9 Å². The van der Waals surface area contributed by atoms with Crippen molar-refractivity contribution in [2.45, 2.75) is 38.9 Å². The summed E-state index contributed by atoms with van der Waals surface area (Å²) in [6.45, 7) is 5.82. The highest BCUT2D eigenvalue weighted by Crippen LogP contribution is 2.28. The van der Waals surface area contributed by atoms with Crippen LogP contribution in [0, 0.1) is 0 Å². The first-order valence-electron chi connectivity index (χ1n) is 7.11. The molecule has 0 aliphatic heterocycles. The molecule has 0 aromatic heterocycles. The second-order valence-corrected chi connectivity index (χ2v) is 6.69. The van der Waals surface area contributed by atoms with Gasteiger partial charge in [0.05, 0.1) is 11.7 Å². The van der Waals surface area contributed by atoms with Crippen LogP contribution in [-0.4, -0.2) is 11.2 Å². The summed E-state index contributed by atoms with van der Waals surface area (Å²) in [5, 5.41) is 10.8. The standard InChI is InChI=1S/C18H21BrO2/c1-13(2)21-17-6-4-5-15(11-17)18(3,20)12-14-7-9-16(19)10-8-14/h4-11,13,20H,12H2,1-3H3. The molecule has 0 radical (unpaired) electrons. The summed E-state index contributed by atoms with van der Waals surface area (Å²) in [5.74, 6) is 0.790. The van der Waals surface area contributed by atoms with Crippen molar-refractivity contribution in [1.29, 1.82) is 0 Å². The van der Waals surface area contributed by atoms with Gasteiger partial charge in [-0.05, 0) is 56.2 Å². The lowest BCUT2D eigenvalue weighted by Gasteiger charge is -2.25. The number of hydrogen-bond donors (Lipinski definition) is 1. The Morgan fingerprint density at radius 3 is 2.43 bits per heavy atom. The van der Waals surface area contributed by atoms with Gasteiger partial charge in [0.2, 0.25) is 0 Å². The van der Waals surface area contributed by atoms with Gasteiger partial charge in [0.1, 0.15) is 5.75 Å². The molecule has 1 unspecified atom stereocenters. The molecule has 0 heterocycles. The Morgan fingerprint density at radius 1 is 1.14 bits per heavy atom. The number of ether oxygens (including phenoxy) is 1. The highest BCUT2D eigenvalue weighted by atomic mass is 79.9. The first-order chi connectivity index (χ1) is 9.87. The minimum Gasteiger partial charge on any atom is -0.491 e. The van der Waals surface area contributed by atoms with E-state index in [1.54, 1.807) is 0 Å². The fourth-order valence-electron chi connectivity index (χ4n) is 2.28. The molecular formula is C18H21BrO2. The smallest absolute Gasteiger partial charge is 0.120 e. The average Bonchev–Trinajstić information content (AvgIpc) is 2.41. The molecule has 0 spiro atoms. The molecule has 3 heteroatoms. The number of hydrogen-bond acceptors (Lipinski definition) is 2. The van der Waals surface area contributed by atoms with E-state index in [2.05, 4.69) is 15.9 Å². The van der Waals surface area contributed by atoms with Crippen LogP contribution in [0.4, 0.5) is 0 Å². The lowest BCUT2D eigenvalue weighted by molar-refractivity contribution is 0.0572. The molecule has 0 saturated heterocycles. The van der Waals surface area contributed by atoms with Crippen molar-refractivity contribution in [2.75, 3.05) is 0 Å². The molecule has 112 valence electrons. The number of halogens is 1. The molecule has 2 aromatic rings. The third kappa shape index (κ3) is 4.58. The van der Waals surface area contributed by atoms with Crippen LogP contribution in [-0.2, 0) is 12.0 Å². The van der Waals surface area contributed by atoms with E-state index in [-0.39, 0.29) is 6.10 Å². The first-order valence-corrected chi connectivity index (χ1v) is 7.90. The molecule has 0 aliphatic carbocycles. The summed E-state index contributed by atoms with van der Waals surface area (Å²) in [6.07, 6.45) is 0.683. The summed E-state index contributed by atoms with van der Waals surface area (Å²) in [7, 11) is 0. The zero-order chi connectivity index (χ0) is 15.5. The van der Waals surface area contributed by atoms with Crippen molar-refractivity contribution in [3.05, 3.63) is 64.1 Å². The molecular weight excluding hydrogens is 328 g/mol. The molecule has 0 fully saturated rings. The van der Waals surface area contributed by atoms with Crippen molar-refractivity contribution in [3.8, 4) is 5.75 Å². The normalized spacial score (nSPS) is 14.0. The van der Waals surface area contributed by atoms with Crippen LogP contribution in [0.3, 0.4) is 0 Å². The maximum Gasteiger partial charge on any atom is 0.120 e. The maximum absolute atomic E-state index is 10.8. The van der Waals surface area contributed by atoms with Crippen LogP contribution < -0.4 is 4.74 Å². The molecule has 0 bridgehead atoms. The minimum atomic E-state index is -0.926. The maximum atomic E-state index is 10.8. The zero-order valence-electron chi connectivity index (χ0n) is 12.6. The van der Waals surface area contributed by atoms with E-state index < -0.39 is 5.60 Å². The summed E-state index contributed by atoms with van der Waals surface area (Å²) in [5.41, 5.74) is 1.03. The molecule has 1 atom stereocenters. The van der Waals surface area contributed by atoms with Gasteiger partial charge in [-0.2, -0.15) is 0 Å². The van der Waals surface area contributed by atoms with E-state index in [1.807, 2.05) is 69.3 Å². The first kappa shape index (κ1) is 16.1. The quantitative estimate of drug-likeness (QED) is 0.849. The van der Waals surface area contributed by atoms with E-state index in [0.717, 1.165) is 21.3 Å². The van der Waals surface area contributed by atoms with E-state index in [1.165, 1.54) is 0 Å². The van der Waals surface area contributed by atoms with Crippen LogP contribution in [0.25, 0.3) is 0 Å². The lowest BCUT2D eigenvalue weighted by Crippen LogP contribution is -2.24. The van der Waals surface area contributed by atoms with Gasteiger partial charge in [0.15, 0.2) is 0 Å². The van der Waals surface area contributed by atoms with E-state index in [0.29, 0.717) is 6.42 Å². The molecule has 1 N–H and O–H groups in total. The number of aliphatic hydroxyl groups is 1. The fourth-order valence-corrected chi connectivity index (χ4v) is 2.54. The van der Waals surface area contributed by atoms with Crippen LogP contribution in [0.15, 0.2) is 53.0 Å². The molecule has 2 nitrogen and oxygen atoms in total. The van der Waals surface area contributed by atoms with Gasteiger partial charge in [0.25, 0.3) is 0 Å². The Kier molecular flexibility index (Phi) is 5.07. The van der Waals surface area contributed by atoms with Gasteiger partial charge in [-0.25, -0.2) is 0 Å². The lowest BCUT2D eigenvalue weighted by atomic mass is 9.89. The zero-order valence-corrected chi connectivity index (χ0v) is 14.2. The Labute approximate surface area is 134 Å². The Bertz CT molecular complexity index is 588. The summed E-state index contributed by atoms with van der Waals surface area (Å²) in [4.78, 5) is 0. The van der Waals surface area contributed by atoms with Crippen LogP contribution in [0.2, 0.25) is 0 Å². The van der Waals surface area contributed by atoms with Crippen molar-refractivity contribution >= 4 is 15.9 Å². The van der Waals surface area contributed by atoms with E-state index in [4.69, 9.17) is 4.74 Å². The Balaban J connectivity index is 2.20. The number of benzene rings is 2. The third-order valence-electron chi connectivity index (χ3n) is 3.29. The third-order valence-corrected chi connectivity index (χ3v) is 3.82. The second kappa shape index (κ2) is 6.63. The fraction of sp³-hybridized carbons (Fsp3) is 0.333. The Morgan fingerprint density at radius 2 is 1.81 bits per heavy atom. The predicted octanol–water partition coefficient (Wildman–Crippen LogP) is 4.69. The van der Waals surface area contributed by atoms with Crippen molar-refractivity contribution in [1.82, 2.24) is 0 Å². The Hall–Kier alpha value is -1.32. The van der Waals surface area contributed by atoms with Crippen molar-refractivity contribution in [3.63, 3.8) is 0 Å². The topological polar surface area (TPSA) is 29.5 Å². The highest BCUT2D eigenvalue weighted by molar-refractivity contribution is 9.10. The second-order valence-electron chi connectivity index (χ2n) is 5.77. The predicted molar refractivity (Wildman–Crippen MR) is 89.6 cm³/mol. The molecule has 21 heavy (non-hydrogen) atoms. The van der Waals surface area contributed by atoms with Gasteiger partial charge in [-0.1, -0.05) is 40.2 Å². The summed E-state index contributed by atoms with van der Waals surface area (Å²) < 4.78 is 6.74. The molecule has 0 amide bonds. The average molecular weight is 349 g/mol. The van der Waals surface area contributed by atoms with Crippen LogP contribution >= 0.6 is 15.9 Å². The number of rotatable bonds is 5. The SMILES string of the molecule is CC(C)Oc1cccc(C(C)(O)Cc2ccc(Br)cc2)c1. The molecule has 0 saturated carbocycles. The molecule has 0 aliphatic rings. The minimum absolute atomic E-state index is 0.122. The van der Waals surface area contributed by atoms with Gasteiger partial charge in [0, 0.05) is 10.9 Å². The molecule has 2 aromatic carbocycles. The van der Waals surface area contributed by atoms with Crippen molar-refractivity contribution in [2.24, 2.45) is 0 Å². The van der Waals surface area contributed by atoms with Gasteiger partial charge < -0.3 is 9.84 Å². The highest BCUT2D eigenvalue weighted by Gasteiger charge is 2.24. The van der Waals surface area contributed by atoms with E-state index >= 15 is 0 Å². The van der Waals surface area contributed by atoms with Gasteiger partial charge in [-0.15, -0.1) is 0 Å².